The predicted octanol–water partition coefficient (Wildman–Crippen LogP) is 1.92. The number of aliphatic imine (C=N–C) groups is 1. The van der Waals surface area contributed by atoms with Gasteiger partial charge < -0.3 is 10.6 Å². The molecule has 0 atom stereocenters. The fourth-order valence-electron chi connectivity index (χ4n) is 1.87. The van der Waals surface area contributed by atoms with Gasteiger partial charge in [-0.2, -0.15) is 13.2 Å². The van der Waals surface area contributed by atoms with E-state index in [1.54, 1.807) is 18.4 Å². The van der Waals surface area contributed by atoms with Crippen LogP contribution >= 0.6 is 11.3 Å². The lowest BCUT2D eigenvalue weighted by Gasteiger charge is -2.19. The largest absolute Gasteiger partial charge is 0.401 e. The summed E-state index contributed by atoms with van der Waals surface area (Å²) in [5.74, 6) is 0.561. The van der Waals surface area contributed by atoms with E-state index in [1.807, 2.05) is 13.8 Å². The third-order valence-corrected chi connectivity index (χ3v) is 3.95. The average Bonchev–Trinajstić information content (AvgIpc) is 2.69. The molecule has 2 N–H and O–H groups in total. The quantitative estimate of drug-likeness (QED) is 0.615. The Morgan fingerprint density at radius 2 is 2.00 bits per heavy atom. The van der Waals surface area contributed by atoms with Crippen LogP contribution in [0.1, 0.15) is 15.6 Å². The number of guanidine groups is 1. The number of nitrogens with zero attached hydrogens (tertiary/aromatic N) is 3. The van der Waals surface area contributed by atoms with Crippen LogP contribution in [0, 0.1) is 13.8 Å². The van der Waals surface area contributed by atoms with Crippen molar-refractivity contribution in [2.45, 2.75) is 26.6 Å². The normalized spacial score (nSPS) is 12.8. The lowest BCUT2D eigenvalue weighted by atomic mass is 10.4. The maximum Gasteiger partial charge on any atom is 0.401 e. The maximum absolute atomic E-state index is 12.2. The maximum atomic E-state index is 12.2. The number of thiazole rings is 1. The van der Waals surface area contributed by atoms with Crippen molar-refractivity contribution in [2.75, 3.05) is 33.7 Å². The van der Waals surface area contributed by atoms with Gasteiger partial charge in [0.05, 0.1) is 23.8 Å². The molecule has 0 saturated heterocycles. The van der Waals surface area contributed by atoms with Crippen molar-refractivity contribution in [1.29, 1.82) is 0 Å². The van der Waals surface area contributed by atoms with E-state index in [4.69, 9.17) is 0 Å². The van der Waals surface area contributed by atoms with Gasteiger partial charge in [0.2, 0.25) is 0 Å². The summed E-state index contributed by atoms with van der Waals surface area (Å²) in [6.45, 7) is 4.23. The summed E-state index contributed by atoms with van der Waals surface area (Å²) in [4.78, 5) is 10.7. The molecule has 1 heterocycles. The van der Waals surface area contributed by atoms with Crippen LogP contribution in [0.2, 0.25) is 0 Å². The predicted molar refractivity (Wildman–Crippen MR) is 83.3 cm³/mol. The highest BCUT2D eigenvalue weighted by atomic mass is 32.1. The fourth-order valence-corrected chi connectivity index (χ4v) is 2.75. The van der Waals surface area contributed by atoms with E-state index in [0.717, 1.165) is 15.6 Å². The molecule has 22 heavy (non-hydrogen) atoms. The van der Waals surface area contributed by atoms with Crippen LogP contribution in [0.3, 0.4) is 0 Å². The second-order valence-corrected chi connectivity index (χ2v) is 6.23. The molecule has 1 aromatic heterocycles. The highest BCUT2D eigenvalue weighted by Crippen LogP contribution is 2.16. The third kappa shape index (κ3) is 7.08. The Hall–Kier alpha value is -1.35. The molecule has 1 rings (SSSR count). The van der Waals surface area contributed by atoms with Crippen molar-refractivity contribution < 1.29 is 13.2 Å². The molecule has 1 aromatic rings. The molecule has 0 fully saturated rings. The van der Waals surface area contributed by atoms with Gasteiger partial charge >= 0.3 is 6.18 Å². The number of aromatic nitrogens is 1. The molecule has 0 spiro atoms. The minimum Gasteiger partial charge on any atom is -0.355 e. The molecule has 0 bridgehead atoms. The number of halogens is 3. The average molecular weight is 337 g/mol. The van der Waals surface area contributed by atoms with Crippen molar-refractivity contribution in [1.82, 2.24) is 20.5 Å². The van der Waals surface area contributed by atoms with Gasteiger partial charge in [-0.15, -0.1) is 11.3 Å². The number of hydrogen-bond acceptors (Lipinski definition) is 4. The Bertz CT molecular complexity index is 498. The third-order valence-electron chi connectivity index (χ3n) is 2.87. The van der Waals surface area contributed by atoms with Gasteiger partial charge in [0.1, 0.15) is 0 Å². The molecule has 5 nitrogen and oxygen atoms in total. The second-order valence-electron chi connectivity index (χ2n) is 4.95. The molecule has 126 valence electrons. The SMILES string of the molecule is CN=C(NCCN(C)CC(F)(F)F)NCc1sc(C)nc1C. The molecule has 0 aliphatic carbocycles. The molecular weight excluding hydrogens is 315 g/mol. The summed E-state index contributed by atoms with van der Waals surface area (Å²) in [6, 6.07) is 0. The topological polar surface area (TPSA) is 52.6 Å². The van der Waals surface area contributed by atoms with E-state index in [-0.39, 0.29) is 6.54 Å². The first-order valence-electron chi connectivity index (χ1n) is 6.84. The smallest absolute Gasteiger partial charge is 0.355 e. The van der Waals surface area contributed by atoms with Crippen LogP contribution in [-0.2, 0) is 6.54 Å². The first-order valence-corrected chi connectivity index (χ1v) is 7.65. The van der Waals surface area contributed by atoms with Gasteiger partial charge in [-0.3, -0.25) is 9.89 Å². The zero-order valence-electron chi connectivity index (χ0n) is 13.2. The van der Waals surface area contributed by atoms with Crippen molar-refractivity contribution in [3.05, 3.63) is 15.6 Å². The summed E-state index contributed by atoms with van der Waals surface area (Å²) >= 11 is 1.61. The number of hydrogen-bond donors (Lipinski definition) is 2. The van der Waals surface area contributed by atoms with Crippen LogP contribution in [-0.4, -0.2) is 55.7 Å². The van der Waals surface area contributed by atoms with Gasteiger partial charge in [-0.1, -0.05) is 0 Å². The van der Waals surface area contributed by atoms with E-state index in [2.05, 4.69) is 20.6 Å². The van der Waals surface area contributed by atoms with Crippen LogP contribution < -0.4 is 10.6 Å². The molecular formula is C13H22F3N5S. The Kier molecular flexibility index (Phi) is 7.08. The Balaban J connectivity index is 2.33. The standard InChI is InChI=1S/C13H22F3N5S/c1-9-11(22-10(2)20-9)7-19-12(17-3)18-5-6-21(4)8-13(14,15)16/h5-8H2,1-4H3,(H2,17,18,19). The van der Waals surface area contributed by atoms with Crippen LogP contribution in [0.25, 0.3) is 0 Å². The number of aryl methyl sites for hydroxylation is 2. The lowest BCUT2D eigenvalue weighted by Crippen LogP contribution is -2.42. The van der Waals surface area contributed by atoms with Crippen LogP contribution in [0.4, 0.5) is 13.2 Å². The fraction of sp³-hybridized carbons (Fsp3) is 0.692. The van der Waals surface area contributed by atoms with Gasteiger partial charge in [0, 0.05) is 25.0 Å². The summed E-state index contributed by atoms with van der Waals surface area (Å²) in [5.41, 5.74) is 0.982. The summed E-state index contributed by atoms with van der Waals surface area (Å²) < 4.78 is 36.6. The molecule has 0 unspecified atom stereocenters. The van der Waals surface area contributed by atoms with E-state index < -0.39 is 12.7 Å². The van der Waals surface area contributed by atoms with Gasteiger partial charge in [-0.25, -0.2) is 4.98 Å². The first kappa shape index (κ1) is 18.7. The zero-order chi connectivity index (χ0) is 16.8. The van der Waals surface area contributed by atoms with Crippen LogP contribution in [0.5, 0.6) is 0 Å². The molecule has 0 saturated carbocycles. The van der Waals surface area contributed by atoms with E-state index in [9.17, 15) is 13.2 Å². The summed E-state index contributed by atoms with van der Waals surface area (Å²) in [5, 5.41) is 7.13. The Morgan fingerprint density at radius 1 is 1.32 bits per heavy atom. The highest BCUT2D eigenvalue weighted by molar-refractivity contribution is 7.11. The molecule has 0 aromatic carbocycles. The van der Waals surface area contributed by atoms with E-state index >= 15 is 0 Å². The molecule has 0 aliphatic rings. The number of rotatable bonds is 6. The lowest BCUT2D eigenvalue weighted by molar-refractivity contribution is -0.142. The monoisotopic (exact) mass is 337 g/mol. The molecule has 0 amide bonds. The van der Waals surface area contributed by atoms with Gasteiger partial charge in [-0.05, 0) is 20.9 Å². The van der Waals surface area contributed by atoms with Crippen molar-refractivity contribution in [3.63, 3.8) is 0 Å². The summed E-state index contributed by atoms with van der Waals surface area (Å²) in [6.07, 6.45) is -4.17. The Morgan fingerprint density at radius 3 is 2.50 bits per heavy atom. The number of alkyl halides is 3. The van der Waals surface area contributed by atoms with Gasteiger partial charge in [0.25, 0.3) is 0 Å². The summed E-state index contributed by atoms with van der Waals surface area (Å²) in [7, 11) is 3.06. The molecule has 0 aliphatic heterocycles. The Labute approximate surface area is 132 Å². The van der Waals surface area contributed by atoms with Crippen LogP contribution in [0.15, 0.2) is 4.99 Å². The van der Waals surface area contributed by atoms with Gasteiger partial charge in [0.15, 0.2) is 5.96 Å². The second kappa shape index (κ2) is 8.33. The first-order chi connectivity index (χ1) is 10.2. The number of likely N-dealkylation sites (N-methyl/N-ethyl adjacent to an activating group) is 1. The minimum absolute atomic E-state index is 0.277. The minimum atomic E-state index is -4.17. The molecule has 9 heteroatoms. The number of nitrogens with one attached hydrogen (secondary N) is 2. The van der Waals surface area contributed by atoms with Crippen molar-refractivity contribution in [2.24, 2.45) is 4.99 Å². The van der Waals surface area contributed by atoms with E-state index in [1.165, 1.54) is 11.9 Å². The molecule has 0 radical (unpaired) electrons. The zero-order valence-corrected chi connectivity index (χ0v) is 14.0. The highest BCUT2D eigenvalue weighted by Gasteiger charge is 2.28. The van der Waals surface area contributed by atoms with E-state index in [0.29, 0.717) is 19.0 Å². The van der Waals surface area contributed by atoms with Crippen molar-refractivity contribution >= 4 is 17.3 Å². The van der Waals surface area contributed by atoms with Crippen molar-refractivity contribution in [3.8, 4) is 0 Å².